The molecule has 0 amide bonds. The van der Waals surface area contributed by atoms with Gasteiger partial charge in [0, 0.05) is 0 Å². The molecule has 0 fully saturated rings. The molecule has 3 heteroatoms. The maximum absolute atomic E-state index is 12.2. The zero-order valence-corrected chi connectivity index (χ0v) is 10.8. The van der Waals surface area contributed by atoms with E-state index in [1.165, 1.54) is 6.42 Å². The summed E-state index contributed by atoms with van der Waals surface area (Å²) < 4.78 is 23.8. The molecular weight excluding hydrogens is 208 g/mol. The van der Waals surface area contributed by atoms with Crippen molar-refractivity contribution in [1.82, 2.24) is 0 Å². The Labute approximate surface area is 93.7 Å². The second-order valence-corrected chi connectivity index (χ2v) is 8.18. The Bertz CT molecular complexity index is 320. The summed E-state index contributed by atoms with van der Waals surface area (Å²) >= 11 is 0. The van der Waals surface area contributed by atoms with E-state index in [0.717, 1.165) is 25.7 Å². The average Bonchev–Trinajstić information content (AvgIpc) is 1.99. The highest BCUT2D eigenvalue weighted by Crippen LogP contribution is 2.26. The molecule has 0 bridgehead atoms. The maximum Gasteiger partial charge on any atom is 0.161 e. The first-order valence-corrected chi connectivity index (χ1v) is 7.30. The fourth-order valence-corrected chi connectivity index (χ4v) is 3.54. The molecule has 88 valence electrons. The standard InChI is InChI=1S/C12H22O2S/c1-12(2,3)15(13,14)11-9-7-5-4-6-8-10-11/h7,9,11H,4-6,8,10H2,1-3H3/b9-7-/t11-/m0/s1. The third-order valence-corrected chi connectivity index (χ3v) is 5.86. The highest BCUT2D eigenvalue weighted by molar-refractivity contribution is 7.93. The SMILES string of the molecule is CC(C)(C)S(=O)(=O)[C@H]1/C=C\CCCCC1. The molecule has 0 aromatic heterocycles. The van der Waals surface area contributed by atoms with E-state index in [9.17, 15) is 8.42 Å². The number of sulfone groups is 1. The van der Waals surface area contributed by atoms with Crippen LogP contribution in [0.25, 0.3) is 0 Å². The number of allylic oxidation sites excluding steroid dienone is 1. The van der Waals surface area contributed by atoms with Crippen LogP contribution < -0.4 is 0 Å². The van der Waals surface area contributed by atoms with Gasteiger partial charge in [0.05, 0.1) is 10.00 Å². The zero-order chi connectivity index (χ0) is 11.5. The Morgan fingerprint density at radius 2 is 1.80 bits per heavy atom. The summed E-state index contributed by atoms with van der Waals surface area (Å²) in [6, 6.07) is 0. The largest absolute Gasteiger partial charge is 0.228 e. The van der Waals surface area contributed by atoms with Crippen LogP contribution >= 0.6 is 0 Å². The second-order valence-electron chi connectivity index (χ2n) is 5.26. The third kappa shape index (κ3) is 3.07. The quantitative estimate of drug-likeness (QED) is 0.649. The van der Waals surface area contributed by atoms with Crippen LogP contribution in [0.15, 0.2) is 12.2 Å². The lowest BCUT2D eigenvalue weighted by Crippen LogP contribution is -2.36. The van der Waals surface area contributed by atoms with E-state index < -0.39 is 14.6 Å². The minimum Gasteiger partial charge on any atom is -0.228 e. The van der Waals surface area contributed by atoms with Gasteiger partial charge in [0.15, 0.2) is 9.84 Å². The Kier molecular flexibility index (Phi) is 3.99. The lowest BCUT2D eigenvalue weighted by atomic mass is 10.1. The van der Waals surface area contributed by atoms with E-state index in [2.05, 4.69) is 0 Å². The van der Waals surface area contributed by atoms with E-state index >= 15 is 0 Å². The predicted molar refractivity (Wildman–Crippen MR) is 64.7 cm³/mol. The van der Waals surface area contributed by atoms with E-state index in [1.807, 2.05) is 12.2 Å². The van der Waals surface area contributed by atoms with Crippen LogP contribution in [0.3, 0.4) is 0 Å². The van der Waals surface area contributed by atoms with E-state index in [-0.39, 0.29) is 5.25 Å². The highest BCUT2D eigenvalue weighted by atomic mass is 32.2. The van der Waals surface area contributed by atoms with Crippen LogP contribution in [0, 0.1) is 0 Å². The van der Waals surface area contributed by atoms with Crippen molar-refractivity contribution < 1.29 is 8.42 Å². The van der Waals surface area contributed by atoms with Crippen molar-refractivity contribution in [3.05, 3.63) is 12.2 Å². The molecule has 0 N–H and O–H groups in total. The van der Waals surface area contributed by atoms with Crippen LogP contribution in [0.5, 0.6) is 0 Å². The van der Waals surface area contributed by atoms with Crippen molar-refractivity contribution in [1.29, 1.82) is 0 Å². The van der Waals surface area contributed by atoms with Gasteiger partial charge in [-0.15, -0.1) is 0 Å². The summed E-state index contributed by atoms with van der Waals surface area (Å²) in [5.41, 5.74) is 0. The number of hydrogen-bond donors (Lipinski definition) is 0. The summed E-state index contributed by atoms with van der Waals surface area (Å²) in [5, 5.41) is -0.266. The van der Waals surface area contributed by atoms with Gasteiger partial charge in [-0.1, -0.05) is 25.0 Å². The van der Waals surface area contributed by atoms with E-state index in [1.54, 1.807) is 20.8 Å². The highest BCUT2D eigenvalue weighted by Gasteiger charge is 2.35. The molecule has 0 spiro atoms. The van der Waals surface area contributed by atoms with Crippen LogP contribution in [-0.4, -0.2) is 18.4 Å². The van der Waals surface area contributed by atoms with Crippen LogP contribution in [-0.2, 0) is 9.84 Å². The second kappa shape index (κ2) is 4.69. The van der Waals surface area contributed by atoms with Gasteiger partial charge in [0.1, 0.15) is 0 Å². The van der Waals surface area contributed by atoms with Crippen LogP contribution in [0.4, 0.5) is 0 Å². The lowest BCUT2D eigenvalue weighted by Gasteiger charge is -2.25. The van der Waals surface area contributed by atoms with Crippen LogP contribution in [0.1, 0.15) is 52.9 Å². The number of rotatable bonds is 1. The smallest absolute Gasteiger partial charge is 0.161 e. The summed E-state index contributed by atoms with van der Waals surface area (Å²) in [5.74, 6) is 0. The molecule has 2 nitrogen and oxygen atoms in total. The topological polar surface area (TPSA) is 34.1 Å². The average molecular weight is 230 g/mol. The van der Waals surface area contributed by atoms with Crippen LogP contribution in [0.2, 0.25) is 0 Å². The minimum absolute atomic E-state index is 0.266. The molecule has 0 aromatic carbocycles. The van der Waals surface area contributed by atoms with Gasteiger partial charge in [-0.2, -0.15) is 0 Å². The number of hydrogen-bond acceptors (Lipinski definition) is 2. The molecule has 0 saturated heterocycles. The summed E-state index contributed by atoms with van der Waals surface area (Å²) in [6.45, 7) is 5.36. The molecular formula is C12H22O2S. The maximum atomic E-state index is 12.2. The molecule has 15 heavy (non-hydrogen) atoms. The molecule has 0 saturated carbocycles. The van der Waals surface area contributed by atoms with E-state index in [0.29, 0.717) is 0 Å². The molecule has 0 radical (unpaired) electrons. The summed E-state index contributed by atoms with van der Waals surface area (Å²) in [7, 11) is -3.03. The van der Waals surface area contributed by atoms with Crippen molar-refractivity contribution >= 4 is 9.84 Å². The Hall–Kier alpha value is -0.310. The van der Waals surface area contributed by atoms with Gasteiger partial charge in [-0.05, 0) is 40.0 Å². The fourth-order valence-electron chi connectivity index (χ4n) is 1.84. The van der Waals surface area contributed by atoms with Gasteiger partial charge < -0.3 is 0 Å². The van der Waals surface area contributed by atoms with Crippen molar-refractivity contribution in [3.63, 3.8) is 0 Å². The first-order chi connectivity index (χ1) is 6.86. The Balaban J connectivity index is 2.90. The normalized spacial score (nSPS) is 26.7. The molecule has 1 rings (SSSR count). The minimum atomic E-state index is -3.03. The predicted octanol–water partition coefficient (Wildman–Crippen LogP) is 3.09. The lowest BCUT2D eigenvalue weighted by molar-refractivity contribution is 0.538. The monoisotopic (exact) mass is 230 g/mol. The first-order valence-electron chi connectivity index (χ1n) is 5.76. The van der Waals surface area contributed by atoms with Crippen molar-refractivity contribution in [2.24, 2.45) is 0 Å². The van der Waals surface area contributed by atoms with E-state index in [4.69, 9.17) is 0 Å². The molecule has 1 aliphatic carbocycles. The van der Waals surface area contributed by atoms with Gasteiger partial charge in [0.2, 0.25) is 0 Å². The van der Waals surface area contributed by atoms with Crippen molar-refractivity contribution in [3.8, 4) is 0 Å². The summed E-state index contributed by atoms with van der Waals surface area (Å²) in [6.07, 6.45) is 9.13. The van der Waals surface area contributed by atoms with Crippen molar-refractivity contribution in [2.75, 3.05) is 0 Å². The first kappa shape index (κ1) is 12.8. The molecule has 0 unspecified atom stereocenters. The van der Waals surface area contributed by atoms with Crippen molar-refractivity contribution in [2.45, 2.75) is 62.9 Å². The zero-order valence-electron chi connectivity index (χ0n) is 9.99. The Morgan fingerprint density at radius 3 is 2.40 bits per heavy atom. The molecule has 1 atom stereocenters. The van der Waals surface area contributed by atoms with Gasteiger partial charge >= 0.3 is 0 Å². The Morgan fingerprint density at radius 1 is 1.13 bits per heavy atom. The summed E-state index contributed by atoms with van der Waals surface area (Å²) in [4.78, 5) is 0. The molecule has 0 heterocycles. The molecule has 0 aromatic rings. The molecule has 1 aliphatic rings. The molecule has 0 aliphatic heterocycles. The fraction of sp³-hybridized carbons (Fsp3) is 0.833. The van der Waals surface area contributed by atoms with Gasteiger partial charge in [-0.3, -0.25) is 0 Å². The third-order valence-electron chi connectivity index (χ3n) is 2.96. The van der Waals surface area contributed by atoms with Gasteiger partial charge in [0.25, 0.3) is 0 Å². The van der Waals surface area contributed by atoms with Gasteiger partial charge in [-0.25, -0.2) is 8.42 Å².